The minimum absolute atomic E-state index is 0.0425. The van der Waals surface area contributed by atoms with Crippen molar-refractivity contribution in [1.29, 1.82) is 0 Å². The van der Waals surface area contributed by atoms with Gasteiger partial charge in [-0.3, -0.25) is 0 Å². The molecule has 1 unspecified atom stereocenters. The van der Waals surface area contributed by atoms with Gasteiger partial charge in [0.25, 0.3) is 0 Å². The van der Waals surface area contributed by atoms with Gasteiger partial charge in [-0.15, -0.1) is 0 Å². The standard InChI is InChI=1S/C15H26N2O/c1-11(2)18-13-7-5-12(6-8-13)14(16)9-10-15(3,4)17/h5-8,11,14H,9-10,16-17H2,1-4H3. The van der Waals surface area contributed by atoms with Gasteiger partial charge in [-0.05, 0) is 58.2 Å². The molecular formula is C15H26N2O. The Labute approximate surface area is 111 Å². The van der Waals surface area contributed by atoms with Crippen molar-refractivity contribution in [2.24, 2.45) is 11.5 Å². The van der Waals surface area contributed by atoms with Crippen LogP contribution in [0.4, 0.5) is 0 Å². The molecule has 0 saturated carbocycles. The molecule has 102 valence electrons. The molecule has 1 rings (SSSR count). The fourth-order valence-corrected chi connectivity index (χ4v) is 1.76. The van der Waals surface area contributed by atoms with Gasteiger partial charge in [0.05, 0.1) is 6.10 Å². The third-order valence-electron chi connectivity index (χ3n) is 2.78. The molecule has 0 spiro atoms. The van der Waals surface area contributed by atoms with E-state index >= 15 is 0 Å². The summed E-state index contributed by atoms with van der Waals surface area (Å²) in [6.45, 7) is 8.09. The van der Waals surface area contributed by atoms with E-state index in [0.717, 1.165) is 24.2 Å². The normalized spacial score (nSPS) is 13.7. The number of hydrogen-bond donors (Lipinski definition) is 2. The molecule has 4 N–H and O–H groups in total. The van der Waals surface area contributed by atoms with E-state index in [2.05, 4.69) is 0 Å². The van der Waals surface area contributed by atoms with Gasteiger partial charge in [-0.1, -0.05) is 12.1 Å². The van der Waals surface area contributed by atoms with E-state index in [4.69, 9.17) is 16.2 Å². The molecule has 0 aliphatic carbocycles. The van der Waals surface area contributed by atoms with Gasteiger partial charge in [0.1, 0.15) is 5.75 Å². The number of rotatable bonds is 6. The van der Waals surface area contributed by atoms with E-state index in [1.54, 1.807) is 0 Å². The highest BCUT2D eigenvalue weighted by Gasteiger charge is 2.14. The van der Waals surface area contributed by atoms with E-state index in [-0.39, 0.29) is 17.7 Å². The summed E-state index contributed by atoms with van der Waals surface area (Å²) in [5, 5.41) is 0. The van der Waals surface area contributed by atoms with E-state index in [1.165, 1.54) is 0 Å². The van der Waals surface area contributed by atoms with E-state index in [0.29, 0.717) is 0 Å². The Kier molecular flexibility index (Phi) is 5.17. The first kappa shape index (κ1) is 15.0. The molecule has 0 amide bonds. The molecular weight excluding hydrogens is 224 g/mol. The first-order chi connectivity index (χ1) is 8.28. The summed E-state index contributed by atoms with van der Waals surface area (Å²) < 4.78 is 5.60. The van der Waals surface area contributed by atoms with Crippen LogP contribution in [0.2, 0.25) is 0 Å². The predicted molar refractivity (Wildman–Crippen MR) is 76.6 cm³/mol. The minimum atomic E-state index is -0.154. The maximum Gasteiger partial charge on any atom is 0.119 e. The van der Waals surface area contributed by atoms with Crippen molar-refractivity contribution in [2.45, 2.75) is 58.2 Å². The third kappa shape index (κ3) is 5.52. The Hall–Kier alpha value is -1.06. The van der Waals surface area contributed by atoms with E-state index < -0.39 is 0 Å². The molecule has 0 aliphatic rings. The van der Waals surface area contributed by atoms with Crippen molar-refractivity contribution in [3.05, 3.63) is 29.8 Å². The second-order valence-electron chi connectivity index (χ2n) is 5.87. The molecule has 1 aromatic carbocycles. The van der Waals surface area contributed by atoms with Crippen LogP contribution in [0.25, 0.3) is 0 Å². The average Bonchev–Trinajstić information content (AvgIpc) is 2.25. The molecule has 0 saturated heterocycles. The van der Waals surface area contributed by atoms with Crippen LogP contribution < -0.4 is 16.2 Å². The topological polar surface area (TPSA) is 61.3 Å². The highest BCUT2D eigenvalue weighted by Crippen LogP contribution is 2.22. The number of ether oxygens (including phenoxy) is 1. The Bertz CT molecular complexity index is 352. The van der Waals surface area contributed by atoms with E-state index in [9.17, 15) is 0 Å². The first-order valence-electron chi connectivity index (χ1n) is 6.59. The largest absolute Gasteiger partial charge is 0.491 e. The van der Waals surface area contributed by atoms with Crippen LogP contribution in [-0.4, -0.2) is 11.6 Å². The summed E-state index contributed by atoms with van der Waals surface area (Å²) in [6, 6.07) is 8.06. The zero-order valence-electron chi connectivity index (χ0n) is 11.9. The monoisotopic (exact) mass is 250 g/mol. The van der Waals surface area contributed by atoms with Gasteiger partial charge < -0.3 is 16.2 Å². The van der Waals surface area contributed by atoms with Crippen LogP contribution in [-0.2, 0) is 0 Å². The van der Waals surface area contributed by atoms with Gasteiger partial charge in [-0.25, -0.2) is 0 Å². The van der Waals surface area contributed by atoms with Gasteiger partial charge in [0.15, 0.2) is 0 Å². The quantitative estimate of drug-likeness (QED) is 0.816. The smallest absolute Gasteiger partial charge is 0.119 e. The van der Waals surface area contributed by atoms with Gasteiger partial charge in [0, 0.05) is 11.6 Å². The van der Waals surface area contributed by atoms with Crippen molar-refractivity contribution in [3.63, 3.8) is 0 Å². The molecule has 3 nitrogen and oxygen atoms in total. The van der Waals surface area contributed by atoms with E-state index in [1.807, 2.05) is 52.0 Å². The number of hydrogen-bond acceptors (Lipinski definition) is 3. The summed E-state index contributed by atoms with van der Waals surface area (Å²) in [5.74, 6) is 0.889. The molecule has 0 fully saturated rings. The van der Waals surface area contributed by atoms with Crippen LogP contribution >= 0.6 is 0 Å². The highest BCUT2D eigenvalue weighted by molar-refractivity contribution is 5.29. The molecule has 0 radical (unpaired) electrons. The van der Waals surface area contributed by atoms with Gasteiger partial charge >= 0.3 is 0 Å². The van der Waals surface area contributed by atoms with Crippen molar-refractivity contribution < 1.29 is 4.74 Å². The molecule has 1 aromatic rings. The number of benzene rings is 1. The fourth-order valence-electron chi connectivity index (χ4n) is 1.76. The first-order valence-corrected chi connectivity index (χ1v) is 6.59. The van der Waals surface area contributed by atoms with Crippen molar-refractivity contribution >= 4 is 0 Å². The Morgan fingerprint density at radius 2 is 1.72 bits per heavy atom. The summed E-state index contributed by atoms with van der Waals surface area (Å²) in [6.07, 6.45) is 2.01. The fraction of sp³-hybridized carbons (Fsp3) is 0.600. The Morgan fingerprint density at radius 1 is 1.17 bits per heavy atom. The predicted octanol–water partition coefficient (Wildman–Crippen LogP) is 2.99. The summed E-state index contributed by atoms with van der Waals surface area (Å²) >= 11 is 0. The van der Waals surface area contributed by atoms with Crippen molar-refractivity contribution in [3.8, 4) is 5.75 Å². The van der Waals surface area contributed by atoms with Gasteiger partial charge in [0.2, 0.25) is 0 Å². The minimum Gasteiger partial charge on any atom is -0.491 e. The molecule has 0 bridgehead atoms. The molecule has 1 atom stereocenters. The molecule has 0 aromatic heterocycles. The lowest BCUT2D eigenvalue weighted by atomic mass is 9.94. The Morgan fingerprint density at radius 3 is 2.17 bits per heavy atom. The van der Waals surface area contributed by atoms with Crippen LogP contribution in [0.15, 0.2) is 24.3 Å². The zero-order valence-corrected chi connectivity index (χ0v) is 11.9. The van der Waals surface area contributed by atoms with Crippen LogP contribution in [0.1, 0.15) is 52.1 Å². The average molecular weight is 250 g/mol. The van der Waals surface area contributed by atoms with Gasteiger partial charge in [-0.2, -0.15) is 0 Å². The highest BCUT2D eigenvalue weighted by atomic mass is 16.5. The lowest BCUT2D eigenvalue weighted by molar-refractivity contribution is 0.242. The molecule has 18 heavy (non-hydrogen) atoms. The van der Waals surface area contributed by atoms with Crippen LogP contribution in [0.5, 0.6) is 5.75 Å². The lowest BCUT2D eigenvalue weighted by Gasteiger charge is -2.21. The molecule has 3 heteroatoms. The number of nitrogens with two attached hydrogens (primary N) is 2. The zero-order chi connectivity index (χ0) is 13.8. The summed E-state index contributed by atoms with van der Waals surface area (Å²) in [5.41, 5.74) is 13.1. The second-order valence-corrected chi connectivity index (χ2v) is 5.87. The van der Waals surface area contributed by atoms with Crippen molar-refractivity contribution in [2.75, 3.05) is 0 Å². The summed E-state index contributed by atoms with van der Waals surface area (Å²) in [7, 11) is 0. The maximum absolute atomic E-state index is 6.16. The lowest BCUT2D eigenvalue weighted by Crippen LogP contribution is -2.32. The van der Waals surface area contributed by atoms with Crippen LogP contribution in [0, 0.1) is 0 Å². The third-order valence-corrected chi connectivity index (χ3v) is 2.78. The van der Waals surface area contributed by atoms with Crippen LogP contribution in [0.3, 0.4) is 0 Å². The maximum atomic E-state index is 6.16. The Balaban J connectivity index is 2.56. The second kappa shape index (κ2) is 6.21. The van der Waals surface area contributed by atoms with Crippen molar-refractivity contribution in [1.82, 2.24) is 0 Å². The SMILES string of the molecule is CC(C)Oc1ccc(C(N)CCC(C)(C)N)cc1. The summed E-state index contributed by atoms with van der Waals surface area (Å²) in [4.78, 5) is 0. The molecule has 0 aliphatic heterocycles. The molecule has 0 heterocycles.